The molecule has 0 heterocycles. The molecule has 0 fully saturated rings. The van der Waals surface area contributed by atoms with Crippen LogP contribution >= 0.6 is 0 Å². The number of rotatable bonds is 44. The number of hydrogen-bond acceptors (Lipinski definition) is 8. The summed E-state index contributed by atoms with van der Waals surface area (Å²) in [6, 6.07) is 15.5. The second-order valence-electron chi connectivity index (χ2n) is 28.2. The third-order valence-corrected chi connectivity index (χ3v) is 60.9. The Morgan fingerprint density at radius 2 is 0.196 bits per heavy atom. The van der Waals surface area contributed by atoms with Crippen molar-refractivity contribution in [2.45, 2.75) is 311 Å². The summed E-state index contributed by atoms with van der Waals surface area (Å²) in [5.41, 5.74) is -4.02. The first-order chi connectivity index (χ1) is 52.4. The summed E-state index contributed by atoms with van der Waals surface area (Å²) < 4.78 is 331. The van der Waals surface area contributed by atoms with Gasteiger partial charge >= 0.3 is 28.5 Å². The van der Waals surface area contributed by atoms with E-state index in [1.54, 1.807) is 0 Å². The van der Waals surface area contributed by atoms with Crippen molar-refractivity contribution in [2.24, 2.45) is 0 Å². The predicted molar refractivity (Wildman–Crippen MR) is 433 cm³/mol. The van der Waals surface area contributed by atoms with Gasteiger partial charge in [0, 0.05) is 0 Å². The maximum Gasteiger partial charge on any atom is 0.478 e. The molecule has 0 aliphatic rings. The van der Waals surface area contributed by atoms with Crippen LogP contribution in [0.25, 0.3) is 0 Å². The second-order valence-corrected chi connectivity index (χ2v) is 65.9. The van der Waals surface area contributed by atoms with Crippen molar-refractivity contribution < 1.29 is 123 Å². The Bertz CT molecular complexity index is 2860. The molecule has 4 rings (SSSR count). The van der Waals surface area contributed by atoms with E-state index in [0.29, 0.717) is 145 Å². The van der Waals surface area contributed by atoms with E-state index in [0.717, 1.165) is 0 Å². The van der Waals surface area contributed by atoms with Gasteiger partial charge in [0.1, 0.15) is 0 Å². The third-order valence-electron chi connectivity index (χ3n) is 24.2. The minimum Gasteiger partial charge on any atom is -0.449 e. The van der Waals surface area contributed by atoms with Crippen molar-refractivity contribution in [1.29, 1.82) is 0 Å². The van der Waals surface area contributed by atoms with E-state index in [9.17, 15) is 87.8 Å². The molecule has 0 N–H and O–H groups in total. The SMILES string of the molecule is CC[Si](CC)(CC)OB(O[Si](CC)(CC)CC)c1c(F)c(F)c(F)c(F)c1F.CC[Si](CC)(CC)OB(O[Si](CC)(CC)CC)c1c(F)c(F)c(F)c(F)c1F.CC[Si](CC)(CC)OB(O[Si](CC)(CC)CC)c1c(F)c(F)c(F)c(F)c1F.CC[Si](CC)(CC)OB(O[Si](CC)(CC)CC)c1c(F)c(F)c(F)c(F)c1F. The number of benzene rings is 4. The lowest BCUT2D eigenvalue weighted by atomic mass is 9.79. The van der Waals surface area contributed by atoms with Crippen LogP contribution in [-0.4, -0.2) is 95.0 Å². The van der Waals surface area contributed by atoms with Gasteiger partial charge in [-0.1, -0.05) is 166 Å². The maximum absolute atomic E-state index is 14.6. The Balaban J connectivity index is 0.000000747. The van der Waals surface area contributed by atoms with Crippen LogP contribution in [0, 0.1) is 116 Å². The van der Waals surface area contributed by atoms with Gasteiger partial charge in [0.25, 0.3) is 0 Å². The highest BCUT2D eigenvalue weighted by atomic mass is 28.4. The molecule has 0 bridgehead atoms. The summed E-state index contributed by atoms with van der Waals surface area (Å²) in [6.45, 7) is 46.0. The molecule has 640 valence electrons. The molecule has 8 nitrogen and oxygen atoms in total. The first-order valence-electron chi connectivity index (χ1n) is 39.9. The molecule has 0 saturated heterocycles. The standard InChI is InChI=1S/4C18H30BF5O2Si2/c4*1-7-27(8-2,9-3)25-19(26-28(10-4,11-5)12-6)13-14(20)16(22)18(24)17(23)15(13)21/h4*7-12H2,1-6H3. The summed E-state index contributed by atoms with van der Waals surface area (Å²) in [5, 5.41) is 0. The molecule has 0 saturated carbocycles. The number of hydrogen-bond donors (Lipinski definition) is 0. The van der Waals surface area contributed by atoms with E-state index in [4.69, 9.17) is 34.7 Å². The van der Waals surface area contributed by atoms with E-state index in [-0.39, 0.29) is 0 Å². The normalized spacial score (nSPS) is 12.5. The Morgan fingerprint density at radius 1 is 0.134 bits per heavy atom. The lowest BCUT2D eigenvalue weighted by molar-refractivity contribution is 0.372. The maximum atomic E-state index is 14.6. The summed E-state index contributed by atoms with van der Waals surface area (Å²) in [5.74, 6) is -39.5. The minimum atomic E-state index is -2.47. The predicted octanol–water partition coefficient (Wildman–Crippen LogP) is 24.5. The second kappa shape index (κ2) is 47.8. The van der Waals surface area contributed by atoms with Crippen LogP contribution in [0.15, 0.2) is 0 Å². The fourth-order valence-corrected chi connectivity index (χ4v) is 35.0. The highest BCUT2D eigenvalue weighted by Crippen LogP contribution is 2.36. The number of halogens is 20. The van der Waals surface area contributed by atoms with Gasteiger partial charge in [-0.3, -0.25) is 0 Å². The summed E-state index contributed by atoms with van der Waals surface area (Å²) in [7, 11) is -26.1. The summed E-state index contributed by atoms with van der Waals surface area (Å²) in [4.78, 5) is 0. The van der Waals surface area contributed by atoms with Crippen LogP contribution in [0.2, 0.25) is 145 Å². The van der Waals surface area contributed by atoms with Crippen LogP contribution in [0.4, 0.5) is 87.8 Å². The molecule has 0 aromatic heterocycles. The minimum absolute atomic E-state index is 0.647. The molecule has 0 spiro atoms. The van der Waals surface area contributed by atoms with Crippen molar-refractivity contribution in [1.82, 2.24) is 0 Å². The fourth-order valence-electron chi connectivity index (χ4n) is 13.7. The zero-order valence-corrected chi connectivity index (χ0v) is 78.1. The lowest BCUT2D eigenvalue weighted by Crippen LogP contribution is -2.56. The molecule has 4 aromatic carbocycles. The van der Waals surface area contributed by atoms with Gasteiger partial charge in [0.05, 0.1) is 21.9 Å². The first kappa shape index (κ1) is 107. The van der Waals surface area contributed by atoms with Crippen molar-refractivity contribution in [3.8, 4) is 0 Å². The molecule has 0 aliphatic heterocycles. The molecule has 0 aliphatic carbocycles. The van der Waals surface area contributed by atoms with E-state index in [1.165, 1.54) is 0 Å². The Kier molecular flexibility index (Phi) is 45.8. The van der Waals surface area contributed by atoms with Crippen LogP contribution in [0.3, 0.4) is 0 Å². The average Bonchev–Trinajstić information content (AvgIpc) is 0.787. The Labute approximate surface area is 663 Å². The first-order valence-corrected chi connectivity index (χ1v) is 60.1. The zero-order valence-electron chi connectivity index (χ0n) is 70.1. The van der Waals surface area contributed by atoms with Gasteiger partial charge < -0.3 is 34.7 Å². The average molecular weight is 1760 g/mol. The van der Waals surface area contributed by atoms with Crippen molar-refractivity contribution >= 4 is 117 Å². The van der Waals surface area contributed by atoms with Gasteiger partial charge in [0.2, 0.25) is 0 Å². The van der Waals surface area contributed by atoms with Crippen molar-refractivity contribution in [3.05, 3.63) is 116 Å². The highest BCUT2D eigenvalue weighted by molar-refractivity contribution is 6.90. The highest BCUT2D eigenvalue weighted by Gasteiger charge is 2.51. The quantitative estimate of drug-likeness (QED) is 0.0188. The van der Waals surface area contributed by atoms with Gasteiger partial charge in [-0.05, 0) is 145 Å². The molecule has 4 aromatic rings. The van der Waals surface area contributed by atoms with Gasteiger partial charge in [-0.25, -0.2) is 87.8 Å². The molecule has 0 radical (unpaired) electrons. The van der Waals surface area contributed by atoms with Crippen molar-refractivity contribution in [3.63, 3.8) is 0 Å². The van der Waals surface area contributed by atoms with Crippen LogP contribution in [0.1, 0.15) is 166 Å². The third kappa shape index (κ3) is 24.7. The van der Waals surface area contributed by atoms with E-state index in [2.05, 4.69) is 0 Å². The van der Waals surface area contributed by atoms with Gasteiger partial charge in [-0.2, -0.15) is 0 Å². The molecule has 0 atom stereocenters. The van der Waals surface area contributed by atoms with E-state index in [1.807, 2.05) is 166 Å². The summed E-state index contributed by atoms with van der Waals surface area (Å²) in [6.07, 6.45) is 0. The largest absolute Gasteiger partial charge is 0.478 e. The Hall–Kier alpha value is -2.85. The molecule has 0 unspecified atom stereocenters. The molecule has 112 heavy (non-hydrogen) atoms. The zero-order chi connectivity index (χ0) is 86.8. The molecular weight excluding hydrogens is 1640 g/mol. The molecule has 40 heteroatoms. The van der Waals surface area contributed by atoms with E-state index >= 15 is 0 Å². The lowest BCUT2D eigenvalue weighted by Gasteiger charge is -2.37. The monoisotopic (exact) mass is 1760 g/mol. The fraction of sp³-hybridized carbons (Fsp3) is 0.667. The Morgan fingerprint density at radius 3 is 0.259 bits per heavy atom. The van der Waals surface area contributed by atoms with Gasteiger partial charge in [0.15, 0.2) is 183 Å². The molecular formula is C72H120B4F20O8Si8. The van der Waals surface area contributed by atoms with Crippen molar-refractivity contribution in [2.75, 3.05) is 0 Å². The van der Waals surface area contributed by atoms with Crippen LogP contribution in [0.5, 0.6) is 0 Å². The van der Waals surface area contributed by atoms with E-state index < -0.39 is 233 Å². The molecule has 0 amide bonds. The smallest absolute Gasteiger partial charge is 0.449 e. The van der Waals surface area contributed by atoms with Crippen LogP contribution in [-0.2, 0) is 34.7 Å². The topological polar surface area (TPSA) is 73.8 Å². The van der Waals surface area contributed by atoms with Gasteiger partial charge in [-0.15, -0.1) is 0 Å². The summed E-state index contributed by atoms with van der Waals surface area (Å²) >= 11 is 0. The van der Waals surface area contributed by atoms with Crippen LogP contribution < -0.4 is 21.9 Å².